The molecule has 0 amide bonds. The lowest BCUT2D eigenvalue weighted by Gasteiger charge is -2.16. The van der Waals surface area contributed by atoms with Crippen LogP contribution in [-0.4, -0.2) is 13.3 Å². The van der Waals surface area contributed by atoms with Gasteiger partial charge < -0.3 is 10.5 Å². The Balaban J connectivity index is 0.00000289. The number of nitrogens with two attached hydrogens (primary N) is 1. The highest BCUT2D eigenvalue weighted by Crippen LogP contribution is 2.32. The van der Waals surface area contributed by atoms with E-state index < -0.39 is 35.8 Å². The first kappa shape index (κ1) is 16.9. The van der Waals surface area contributed by atoms with Crippen LogP contribution in [0.5, 0.6) is 5.75 Å². The van der Waals surface area contributed by atoms with Gasteiger partial charge in [0.15, 0.2) is 0 Å². The normalized spacial score (nSPS) is 12.8. The third-order valence-electron chi connectivity index (χ3n) is 2.11. The zero-order valence-corrected chi connectivity index (χ0v) is 10.0. The van der Waals surface area contributed by atoms with Crippen molar-refractivity contribution in [2.75, 3.05) is 7.11 Å². The van der Waals surface area contributed by atoms with Crippen molar-refractivity contribution < 1.29 is 26.7 Å². The molecule has 18 heavy (non-hydrogen) atoms. The summed E-state index contributed by atoms with van der Waals surface area (Å²) in [4.78, 5) is 0. The maximum absolute atomic E-state index is 13.4. The second kappa shape index (κ2) is 6.19. The molecular formula is C10H11ClF5NO. The average Bonchev–Trinajstić information content (AvgIpc) is 2.13. The van der Waals surface area contributed by atoms with Crippen molar-refractivity contribution in [3.63, 3.8) is 0 Å². The maximum Gasteiger partial charge on any atom is 0.390 e. The Bertz CT molecular complexity index is 387. The van der Waals surface area contributed by atoms with E-state index in [1.807, 2.05) is 0 Å². The van der Waals surface area contributed by atoms with Crippen LogP contribution in [-0.2, 0) is 0 Å². The molecule has 0 aliphatic rings. The van der Waals surface area contributed by atoms with Gasteiger partial charge in [-0.1, -0.05) is 0 Å². The number of ether oxygens (including phenoxy) is 1. The van der Waals surface area contributed by atoms with E-state index in [0.29, 0.717) is 0 Å². The fourth-order valence-corrected chi connectivity index (χ4v) is 1.38. The zero-order valence-electron chi connectivity index (χ0n) is 9.22. The van der Waals surface area contributed by atoms with E-state index in [4.69, 9.17) is 5.73 Å². The quantitative estimate of drug-likeness (QED) is 0.867. The van der Waals surface area contributed by atoms with E-state index in [0.717, 1.165) is 12.1 Å². The predicted octanol–water partition coefficient (Wildman–Crippen LogP) is 3.35. The Morgan fingerprint density at radius 3 is 2.00 bits per heavy atom. The van der Waals surface area contributed by atoms with Gasteiger partial charge in [-0.2, -0.15) is 13.2 Å². The summed E-state index contributed by atoms with van der Waals surface area (Å²) in [6, 6.07) is -0.204. The number of hydrogen-bond acceptors (Lipinski definition) is 2. The van der Waals surface area contributed by atoms with E-state index in [1.54, 1.807) is 0 Å². The molecule has 0 spiro atoms. The summed E-state index contributed by atoms with van der Waals surface area (Å²) < 4.78 is 67.4. The van der Waals surface area contributed by atoms with E-state index in [9.17, 15) is 22.0 Å². The summed E-state index contributed by atoms with van der Waals surface area (Å²) in [6.07, 6.45) is -6.08. The molecule has 1 aromatic rings. The molecule has 1 aromatic carbocycles. The minimum absolute atomic E-state index is 0. The van der Waals surface area contributed by atoms with Gasteiger partial charge in [0.2, 0.25) is 0 Å². The molecule has 0 heterocycles. The van der Waals surface area contributed by atoms with Gasteiger partial charge in [0.1, 0.15) is 17.4 Å². The Hall–Kier alpha value is -1.08. The molecule has 0 unspecified atom stereocenters. The molecule has 0 saturated carbocycles. The van der Waals surface area contributed by atoms with Crippen molar-refractivity contribution in [2.24, 2.45) is 5.73 Å². The van der Waals surface area contributed by atoms with E-state index in [2.05, 4.69) is 4.74 Å². The first-order valence-electron chi connectivity index (χ1n) is 4.60. The van der Waals surface area contributed by atoms with Crippen molar-refractivity contribution >= 4 is 12.4 Å². The molecule has 0 aliphatic carbocycles. The summed E-state index contributed by atoms with van der Waals surface area (Å²) in [5.74, 6) is -2.43. The van der Waals surface area contributed by atoms with Crippen LogP contribution in [0.2, 0.25) is 0 Å². The summed E-state index contributed by atoms with van der Waals surface area (Å²) in [5, 5.41) is 0. The van der Waals surface area contributed by atoms with Crippen LogP contribution in [0.25, 0.3) is 0 Å². The number of methoxy groups -OCH3 is 1. The molecule has 0 bridgehead atoms. The van der Waals surface area contributed by atoms with Gasteiger partial charge in [-0.3, -0.25) is 0 Å². The molecule has 0 saturated heterocycles. The minimum atomic E-state index is -4.59. The first-order chi connectivity index (χ1) is 7.74. The van der Waals surface area contributed by atoms with Gasteiger partial charge in [0.25, 0.3) is 0 Å². The molecule has 0 aromatic heterocycles. The third kappa shape index (κ3) is 4.30. The Morgan fingerprint density at radius 1 is 1.22 bits per heavy atom. The first-order valence-corrected chi connectivity index (χ1v) is 4.60. The van der Waals surface area contributed by atoms with Crippen molar-refractivity contribution in [1.29, 1.82) is 0 Å². The van der Waals surface area contributed by atoms with Crippen molar-refractivity contribution in [3.05, 3.63) is 29.3 Å². The standard InChI is InChI=1S/C10H10F5NO.ClH/c1-17-5-2-6(11)9(7(12)3-5)8(16)4-10(13,14)15;/h2-3,8H,4,16H2,1H3;1H/t8-;/m0./s1. The SMILES string of the molecule is COc1cc(F)c([C@@H](N)CC(F)(F)F)c(F)c1.Cl. The number of rotatable bonds is 3. The van der Waals surface area contributed by atoms with Crippen LogP contribution in [0.3, 0.4) is 0 Å². The highest BCUT2D eigenvalue weighted by Gasteiger charge is 2.33. The fourth-order valence-electron chi connectivity index (χ4n) is 1.38. The van der Waals surface area contributed by atoms with Crippen LogP contribution in [0, 0.1) is 11.6 Å². The molecule has 0 radical (unpaired) electrons. The highest BCUT2D eigenvalue weighted by molar-refractivity contribution is 5.85. The minimum Gasteiger partial charge on any atom is -0.497 e. The lowest BCUT2D eigenvalue weighted by Crippen LogP contribution is -2.22. The van der Waals surface area contributed by atoms with Gasteiger partial charge in [0.05, 0.1) is 13.5 Å². The van der Waals surface area contributed by atoms with Gasteiger partial charge in [-0.15, -0.1) is 12.4 Å². The monoisotopic (exact) mass is 291 g/mol. The Labute approximate surface area is 106 Å². The van der Waals surface area contributed by atoms with Gasteiger partial charge in [-0.05, 0) is 0 Å². The van der Waals surface area contributed by atoms with Crippen molar-refractivity contribution in [3.8, 4) is 5.75 Å². The number of hydrogen-bond donors (Lipinski definition) is 1. The second-order valence-corrected chi connectivity index (χ2v) is 3.43. The lowest BCUT2D eigenvalue weighted by molar-refractivity contribution is -0.138. The van der Waals surface area contributed by atoms with Crippen LogP contribution in [0.4, 0.5) is 22.0 Å². The average molecular weight is 292 g/mol. The van der Waals surface area contributed by atoms with Crippen LogP contribution in [0.1, 0.15) is 18.0 Å². The number of benzene rings is 1. The molecule has 104 valence electrons. The third-order valence-corrected chi connectivity index (χ3v) is 2.11. The molecular weight excluding hydrogens is 281 g/mol. The fraction of sp³-hybridized carbons (Fsp3) is 0.400. The summed E-state index contributed by atoms with van der Waals surface area (Å²) in [6.45, 7) is 0. The predicted molar refractivity (Wildman–Crippen MR) is 57.8 cm³/mol. The number of halogens is 6. The van der Waals surface area contributed by atoms with Crippen molar-refractivity contribution in [1.82, 2.24) is 0 Å². The highest BCUT2D eigenvalue weighted by atomic mass is 35.5. The molecule has 0 aliphatic heterocycles. The van der Waals surface area contributed by atoms with E-state index >= 15 is 0 Å². The molecule has 0 fully saturated rings. The molecule has 8 heteroatoms. The van der Waals surface area contributed by atoms with E-state index in [-0.39, 0.29) is 18.2 Å². The van der Waals surface area contributed by atoms with Crippen LogP contribution in [0.15, 0.2) is 12.1 Å². The second-order valence-electron chi connectivity index (χ2n) is 3.43. The van der Waals surface area contributed by atoms with Crippen LogP contribution >= 0.6 is 12.4 Å². The smallest absolute Gasteiger partial charge is 0.390 e. The number of alkyl halides is 3. The zero-order chi connectivity index (χ0) is 13.2. The maximum atomic E-state index is 13.4. The topological polar surface area (TPSA) is 35.2 Å². The summed E-state index contributed by atoms with van der Waals surface area (Å²) in [5.41, 5.74) is 4.34. The van der Waals surface area contributed by atoms with Gasteiger partial charge in [-0.25, -0.2) is 8.78 Å². The van der Waals surface area contributed by atoms with Gasteiger partial charge in [0, 0.05) is 23.7 Å². The molecule has 2 N–H and O–H groups in total. The molecule has 1 rings (SSSR count). The van der Waals surface area contributed by atoms with E-state index in [1.165, 1.54) is 7.11 Å². The summed E-state index contributed by atoms with van der Waals surface area (Å²) >= 11 is 0. The largest absolute Gasteiger partial charge is 0.497 e. The summed E-state index contributed by atoms with van der Waals surface area (Å²) in [7, 11) is 1.18. The Morgan fingerprint density at radius 2 is 1.67 bits per heavy atom. The van der Waals surface area contributed by atoms with Crippen molar-refractivity contribution in [2.45, 2.75) is 18.6 Å². The molecule has 2 nitrogen and oxygen atoms in total. The van der Waals surface area contributed by atoms with Gasteiger partial charge >= 0.3 is 6.18 Å². The lowest BCUT2D eigenvalue weighted by atomic mass is 10.0. The van der Waals surface area contributed by atoms with Crippen LogP contribution < -0.4 is 10.5 Å². The molecule has 1 atom stereocenters. The Kier molecular flexibility index (Phi) is 5.82.